The van der Waals surface area contributed by atoms with Crippen LogP contribution in [0, 0.1) is 0 Å². The second-order valence-corrected chi connectivity index (χ2v) is 5.42. The first-order valence-corrected chi connectivity index (χ1v) is 7.61. The number of aryl methyl sites for hydroxylation is 1. The van der Waals surface area contributed by atoms with Gasteiger partial charge in [0.15, 0.2) is 0 Å². The fourth-order valence-electron chi connectivity index (χ4n) is 2.68. The zero-order valence-corrected chi connectivity index (χ0v) is 12.3. The Balaban J connectivity index is 2.01. The molecular formula is C16H18ClN3. The standard InChI is InChI=1S/C16H18ClN3/c1-2-12(9-17)20-16-14-8-7-11-5-3-4-6-13(11)15(14)18-10-19-16/h3-6,10,12H,2,7-9H2,1H3,(H,18,19,20). The van der Waals surface area contributed by atoms with Crippen molar-refractivity contribution in [2.24, 2.45) is 0 Å². The highest BCUT2D eigenvalue weighted by atomic mass is 35.5. The van der Waals surface area contributed by atoms with Crippen LogP contribution < -0.4 is 5.32 Å². The molecule has 0 fully saturated rings. The van der Waals surface area contributed by atoms with Crippen molar-refractivity contribution in [3.8, 4) is 11.3 Å². The Bertz CT molecular complexity index is 608. The first kappa shape index (κ1) is 13.4. The average molecular weight is 288 g/mol. The van der Waals surface area contributed by atoms with Crippen molar-refractivity contribution in [3.63, 3.8) is 0 Å². The first-order valence-electron chi connectivity index (χ1n) is 7.08. The van der Waals surface area contributed by atoms with Crippen LogP contribution in [0.1, 0.15) is 24.5 Å². The van der Waals surface area contributed by atoms with E-state index in [1.807, 2.05) is 0 Å². The van der Waals surface area contributed by atoms with Gasteiger partial charge in [-0.3, -0.25) is 0 Å². The van der Waals surface area contributed by atoms with Gasteiger partial charge in [0.2, 0.25) is 0 Å². The van der Waals surface area contributed by atoms with Crippen LogP contribution in [0.3, 0.4) is 0 Å². The topological polar surface area (TPSA) is 37.8 Å². The summed E-state index contributed by atoms with van der Waals surface area (Å²) in [7, 11) is 0. The van der Waals surface area contributed by atoms with Crippen LogP contribution in [0.2, 0.25) is 0 Å². The number of halogens is 1. The summed E-state index contributed by atoms with van der Waals surface area (Å²) in [6.07, 6.45) is 4.65. The van der Waals surface area contributed by atoms with Crippen LogP contribution in [0.15, 0.2) is 30.6 Å². The molecule has 0 amide bonds. The van der Waals surface area contributed by atoms with Crippen LogP contribution >= 0.6 is 11.6 Å². The summed E-state index contributed by atoms with van der Waals surface area (Å²) in [5.74, 6) is 1.53. The molecule has 1 heterocycles. The summed E-state index contributed by atoms with van der Waals surface area (Å²) in [6.45, 7) is 2.13. The molecule has 0 saturated heterocycles. The van der Waals surface area contributed by atoms with Crippen LogP contribution in [0.5, 0.6) is 0 Å². The van der Waals surface area contributed by atoms with E-state index >= 15 is 0 Å². The molecule has 3 nitrogen and oxygen atoms in total. The van der Waals surface area contributed by atoms with Gasteiger partial charge in [0, 0.05) is 23.0 Å². The molecule has 20 heavy (non-hydrogen) atoms. The van der Waals surface area contributed by atoms with E-state index in [0.717, 1.165) is 30.8 Å². The SMILES string of the molecule is CCC(CCl)Nc1ncnc2c1CCc1ccccc1-2. The molecule has 104 valence electrons. The summed E-state index contributed by atoms with van der Waals surface area (Å²) in [5, 5.41) is 3.45. The Morgan fingerprint density at radius 2 is 2.10 bits per heavy atom. The molecule has 1 aliphatic rings. The molecule has 3 rings (SSSR count). The number of alkyl halides is 1. The molecule has 1 aromatic carbocycles. The van der Waals surface area contributed by atoms with Crippen molar-refractivity contribution >= 4 is 17.4 Å². The zero-order chi connectivity index (χ0) is 13.9. The van der Waals surface area contributed by atoms with E-state index in [0.29, 0.717) is 5.88 Å². The zero-order valence-electron chi connectivity index (χ0n) is 11.6. The molecule has 0 bridgehead atoms. The van der Waals surface area contributed by atoms with Gasteiger partial charge in [0.25, 0.3) is 0 Å². The van der Waals surface area contributed by atoms with Gasteiger partial charge in [-0.05, 0) is 24.8 Å². The first-order chi connectivity index (χ1) is 9.83. The van der Waals surface area contributed by atoms with Crippen molar-refractivity contribution in [1.29, 1.82) is 0 Å². The van der Waals surface area contributed by atoms with Crippen LogP contribution in [0.4, 0.5) is 5.82 Å². The van der Waals surface area contributed by atoms with Gasteiger partial charge < -0.3 is 5.32 Å². The maximum absolute atomic E-state index is 5.98. The molecule has 0 saturated carbocycles. The number of aromatic nitrogens is 2. The van der Waals surface area contributed by atoms with Crippen LogP contribution in [0.25, 0.3) is 11.3 Å². The Morgan fingerprint density at radius 1 is 1.25 bits per heavy atom. The Morgan fingerprint density at radius 3 is 2.90 bits per heavy atom. The summed E-state index contributed by atoms with van der Waals surface area (Å²) in [6, 6.07) is 8.74. The van der Waals surface area contributed by atoms with E-state index in [4.69, 9.17) is 11.6 Å². The van der Waals surface area contributed by atoms with Gasteiger partial charge in [-0.2, -0.15) is 0 Å². The average Bonchev–Trinajstić information content (AvgIpc) is 2.52. The highest BCUT2D eigenvalue weighted by molar-refractivity contribution is 6.18. The van der Waals surface area contributed by atoms with E-state index in [-0.39, 0.29) is 6.04 Å². The van der Waals surface area contributed by atoms with E-state index in [2.05, 4.69) is 46.5 Å². The second kappa shape index (κ2) is 5.80. The van der Waals surface area contributed by atoms with E-state index in [1.54, 1.807) is 6.33 Å². The van der Waals surface area contributed by atoms with Crippen molar-refractivity contribution in [2.45, 2.75) is 32.2 Å². The molecular weight excluding hydrogens is 270 g/mol. The lowest BCUT2D eigenvalue weighted by Gasteiger charge is -2.23. The molecule has 2 aromatic rings. The smallest absolute Gasteiger partial charge is 0.133 e. The monoisotopic (exact) mass is 287 g/mol. The number of nitrogens with zero attached hydrogens (tertiary/aromatic N) is 2. The molecule has 1 aliphatic carbocycles. The number of benzene rings is 1. The molecule has 0 aliphatic heterocycles. The van der Waals surface area contributed by atoms with E-state index in [9.17, 15) is 0 Å². The number of rotatable bonds is 4. The summed E-state index contributed by atoms with van der Waals surface area (Å²) < 4.78 is 0. The van der Waals surface area contributed by atoms with Gasteiger partial charge >= 0.3 is 0 Å². The van der Waals surface area contributed by atoms with Crippen LogP contribution in [-0.2, 0) is 12.8 Å². The number of anilines is 1. The molecule has 1 N–H and O–H groups in total. The van der Waals surface area contributed by atoms with Crippen molar-refractivity contribution in [1.82, 2.24) is 9.97 Å². The van der Waals surface area contributed by atoms with Crippen molar-refractivity contribution < 1.29 is 0 Å². The molecule has 1 aromatic heterocycles. The number of nitrogens with one attached hydrogen (secondary N) is 1. The lowest BCUT2D eigenvalue weighted by atomic mass is 9.89. The predicted octanol–water partition coefficient (Wildman–Crippen LogP) is 3.67. The summed E-state index contributed by atoms with van der Waals surface area (Å²) >= 11 is 5.98. The third-order valence-electron chi connectivity index (χ3n) is 3.88. The predicted molar refractivity (Wildman–Crippen MR) is 83.3 cm³/mol. The number of hydrogen-bond acceptors (Lipinski definition) is 3. The fraction of sp³-hybridized carbons (Fsp3) is 0.375. The minimum absolute atomic E-state index is 0.257. The normalized spacial score (nSPS) is 14.3. The lowest BCUT2D eigenvalue weighted by molar-refractivity contribution is 0.759. The third kappa shape index (κ3) is 2.38. The Kier molecular flexibility index (Phi) is 3.88. The molecule has 0 radical (unpaired) electrons. The third-order valence-corrected chi connectivity index (χ3v) is 4.25. The van der Waals surface area contributed by atoms with Gasteiger partial charge in [-0.1, -0.05) is 31.2 Å². The van der Waals surface area contributed by atoms with Gasteiger partial charge in [-0.15, -0.1) is 11.6 Å². The molecule has 0 spiro atoms. The molecule has 4 heteroatoms. The Labute approximate surface area is 124 Å². The van der Waals surface area contributed by atoms with Gasteiger partial charge in [0.05, 0.1) is 5.69 Å². The van der Waals surface area contributed by atoms with E-state index in [1.165, 1.54) is 16.7 Å². The minimum atomic E-state index is 0.257. The Hall–Kier alpha value is -1.61. The highest BCUT2D eigenvalue weighted by Gasteiger charge is 2.21. The fourth-order valence-corrected chi connectivity index (χ4v) is 2.97. The number of hydrogen-bond donors (Lipinski definition) is 1. The summed E-state index contributed by atoms with van der Waals surface area (Å²) in [4.78, 5) is 8.92. The van der Waals surface area contributed by atoms with Crippen LogP contribution in [-0.4, -0.2) is 21.9 Å². The molecule has 1 unspecified atom stereocenters. The summed E-state index contributed by atoms with van der Waals surface area (Å²) in [5.41, 5.74) is 4.88. The highest BCUT2D eigenvalue weighted by Crippen LogP contribution is 2.34. The minimum Gasteiger partial charge on any atom is -0.366 e. The van der Waals surface area contributed by atoms with Crippen molar-refractivity contribution in [2.75, 3.05) is 11.2 Å². The maximum Gasteiger partial charge on any atom is 0.133 e. The quantitative estimate of drug-likeness (QED) is 0.872. The number of fused-ring (bicyclic) bond motifs is 3. The molecule has 1 atom stereocenters. The van der Waals surface area contributed by atoms with Crippen molar-refractivity contribution in [3.05, 3.63) is 41.7 Å². The second-order valence-electron chi connectivity index (χ2n) is 5.11. The maximum atomic E-state index is 5.98. The lowest BCUT2D eigenvalue weighted by Crippen LogP contribution is -2.23. The largest absolute Gasteiger partial charge is 0.366 e. The van der Waals surface area contributed by atoms with Gasteiger partial charge in [-0.25, -0.2) is 9.97 Å². The van der Waals surface area contributed by atoms with E-state index < -0.39 is 0 Å². The van der Waals surface area contributed by atoms with Gasteiger partial charge in [0.1, 0.15) is 12.1 Å².